The maximum atomic E-state index is 6.30. The lowest BCUT2D eigenvalue weighted by molar-refractivity contribution is 0.00658. The smallest absolute Gasteiger partial charge is 0.127 e. The molecule has 108 valence electrons. The zero-order chi connectivity index (χ0) is 14.3. The summed E-state index contributed by atoms with van der Waals surface area (Å²) in [7, 11) is 3.43. The highest BCUT2D eigenvalue weighted by Crippen LogP contribution is 2.40. The van der Waals surface area contributed by atoms with E-state index >= 15 is 0 Å². The molecule has 0 radical (unpaired) electrons. The van der Waals surface area contributed by atoms with Gasteiger partial charge in [0.2, 0.25) is 0 Å². The van der Waals surface area contributed by atoms with Crippen LogP contribution in [0.2, 0.25) is 0 Å². The van der Waals surface area contributed by atoms with E-state index in [0.29, 0.717) is 12.1 Å². The molecule has 3 rings (SSSR count). The van der Waals surface area contributed by atoms with Gasteiger partial charge >= 0.3 is 0 Å². The Morgan fingerprint density at radius 1 is 1.35 bits per heavy atom. The summed E-state index contributed by atoms with van der Waals surface area (Å²) in [5.41, 5.74) is 2.06. The lowest BCUT2D eigenvalue weighted by Crippen LogP contribution is -2.33. The third-order valence-corrected chi connectivity index (χ3v) is 4.24. The third kappa shape index (κ3) is 2.17. The second-order valence-corrected chi connectivity index (χ2v) is 5.95. The van der Waals surface area contributed by atoms with Gasteiger partial charge in [0.05, 0.1) is 29.6 Å². The number of alkyl halides is 1. The number of nitrogens with zero attached hydrogens (tertiary/aromatic N) is 2. The Kier molecular flexibility index (Phi) is 3.61. The summed E-state index contributed by atoms with van der Waals surface area (Å²) in [5, 5.41) is -0.116. The van der Waals surface area contributed by atoms with Gasteiger partial charge in [-0.2, -0.15) is 0 Å². The van der Waals surface area contributed by atoms with Crippen LogP contribution in [-0.2, 0) is 4.74 Å². The highest BCUT2D eigenvalue weighted by Gasteiger charge is 2.33. The number of benzene rings is 1. The number of hydrogen-bond donors (Lipinski definition) is 0. The molecule has 0 N–H and O–H groups in total. The summed E-state index contributed by atoms with van der Waals surface area (Å²) in [6.45, 7) is 1.96. The number of fused-ring (bicyclic) bond motifs is 1. The number of imidazole rings is 1. The lowest BCUT2D eigenvalue weighted by Gasteiger charge is -2.36. The molecule has 1 aliphatic carbocycles. The summed E-state index contributed by atoms with van der Waals surface area (Å²) in [6.07, 6.45) is 2.39. The standard InChI is InChI=1S/C15H19ClN2O2/c1-9(16)15-17-13-8-11(19-2)4-5-14(13)18(15)10-6-12(7-10)20-3/h4-5,8-10,12H,6-7H2,1-3H3. The Bertz CT molecular complexity index is 618. The molecule has 0 spiro atoms. The molecule has 1 atom stereocenters. The number of halogens is 1. The molecule has 20 heavy (non-hydrogen) atoms. The fourth-order valence-corrected chi connectivity index (χ4v) is 2.98. The quantitative estimate of drug-likeness (QED) is 0.807. The van der Waals surface area contributed by atoms with E-state index in [-0.39, 0.29) is 5.38 Å². The van der Waals surface area contributed by atoms with Crippen molar-refractivity contribution in [3.63, 3.8) is 0 Å². The first-order valence-electron chi connectivity index (χ1n) is 6.86. The maximum absolute atomic E-state index is 6.30. The van der Waals surface area contributed by atoms with Crippen molar-refractivity contribution < 1.29 is 9.47 Å². The Hall–Kier alpha value is -1.26. The molecule has 1 saturated carbocycles. The average Bonchev–Trinajstić information content (AvgIpc) is 2.76. The van der Waals surface area contributed by atoms with Crippen LogP contribution in [0, 0.1) is 0 Å². The van der Waals surface area contributed by atoms with E-state index < -0.39 is 0 Å². The van der Waals surface area contributed by atoms with Gasteiger partial charge in [0.1, 0.15) is 11.6 Å². The van der Waals surface area contributed by atoms with Gasteiger partial charge in [-0.15, -0.1) is 11.6 Å². The predicted octanol–water partition coefficient (Wildman–Crippen LogP) is 3.69. The largest absolute Gasteiger partial charge is 0.497 e. The number of hydrogen-bond acceptors (Lipinski definition) is 3. The minimum atomic E-state index is -0.116. The first-order chi connectivity index (χ1) is 9.63. The van der Waals surface area contributed by atoms with Crippen molar-refractivity contribution in [2.75, 3.05) is 14.2 Å². The van der Waals surface area contributed by atoms with E-state index in [4.69, 9.17) is 21.1 Å². The Balaban J connectivity index is 2.06. The van der Waals surface area contributed by atoms with Crippen LogP contribution in [0.5, 0.6) is 5.75 Å². The fourth-order valence-electron chi connectivity index (χ4n) is 2.83. The minimum absolute atomic E-state index is 0.116. The zero-order valence-corrected chi connectivity index (χ0v) is 12.7. The summed E-state index contributed by atoms with van der Waals surface area (Å²) < 4.78 is 12.9. The molecule has 1 aliphatic rings. The van der Waals surface area contributed by atoms with E-state index in [1.165, 1.54) is 0 Å². The van der Waals surface area contributed by atoms with Crippen molar-refractivity contribution in [2.45, 2.75) is 37.3 Å². The molecule has 2 aromatic rings. The van der Waals surface area contributed by atoms with Gasteiger partial charge < -0.3 is 14.0 Å². The monoisotopic (exact) mass is 294 g/mol. The summed E-state index contributed by atoms with van der Waals surface area (Å²) >= 11 is 6.30. The molecule has 0 saturated heterocycles. The molecular weight excluding hydrogens is 276 g/mol. The van der Waals surface area contributed by atoms with Gasteiger partial charge in [0.25, 0.3) is 0 Å². The number of rotatable bonds is 4. The van der Waals surface area contributed by atoms with Gasteiger partial charge in [0.15, 0.2) is 0 Å². The van der Waals surface area contributed by atoms with Crippen molar-refractivity contribution in [3.8, 4) is 5.75 Å². The van der Waals surface area contributed by atoms with Crippen LogP contribution in [0.25, 0.3) is 11.0 Å². The highest BCUT2D eigenvalue weighted by atomic mass is 35.5. The van der Waals surface area contributed by atoms with Gasteiger partial charge in [-0.3, -0.25) is 0 Å². The third-order valence-electron chi connectivity index (χ3n) is 4.05. The maximum Gasteiger partial charge on any atom is 0.127 e. The van der Waals surface area contributed by atoms with Crippen molar-refractivity contribution >= 4 is 22.6 Å². The van der Waals surface area contributed by atoms with Gasteiger partial charge in [0, 0.05) is 19.2 Å². The topological polar surface area (TPSA) is 36.3 Å². The Morgan fingerprint density at radius 3 is 2.70 bits per heavy atom. The predicted molar refractivity (Wildman–Crippen MR) is 79.6 cm³/mol. The SMILES string of the molecule is COc1ccc2c(c1)nc(C(C)Cl)n2C1CC(OC)C1. The fraction of sp³-hybridized carbons (Fsp3) is 0.533. The van der Waals surface area contributed by atoms with Crippen molar-refractivity contribution in [1.82, 2.24) is 9.55 Å². The van der Waals surface area contributed by atoms with Crippen LogP contribution in [0.15, 0.2) is 18.2 Å². The molecule has 0 amide bonds. The van der Waals surface area contributed by atoms with Crippen LogP contribution >= 0.6 is 11.6 Å². The van der Waals surface area contributed by atoms with Crippen LogP contribution in [0.3, 0.4) is 0 Å². The molecule has 5 heteroatoms. The van der Waals surface area contributed by atoms with Crippen molar-refractivity contribution in [2.24, 2.45) is 0 Å². The molecule has 0 bridgehead atoms. The molecular formula is C15H19ClN2O2. The Morgan fingerprint density at radius 2 is 2.10 bits per heavy atom. The van der Waals surface area contributed by atoms with Gasteiger partial charge in [-0.05, 0) is 31.9 Å². The second-order valence-electron chi connectivity index (χ2n) is 5.29. The van der Waals surface area contributed by atoms with Crippen LogP contribution < -0.4 is 4.74 Å². The van der Waals surface area contributed by atoms with E-state index in [9.17, 15) is 0 Å². The normalized spacial score (nSPS) is 23.6. The summed E-state index contributed by atoms with van der Waals surface area (Å²) in [5.74, 6) is 1.74. The van der Waals surface area contributed by atoms with Crippen LogP contribution in [0.1, 0.15) is 37.0 Å². The molecule has 0 aliphatic heterocycles. The van der Waals surface area contributed by atoms with Crippen LogP contribution in [-0.4, -0.2) is 29.9 Å². The minimum Gasteiger partial charge on any atom is -0.497 e. The second kappa shape index (κ2) is 5.26. The summed E-state index contributed by atoms with van der Waals surface area (Å²) in [4.78, 5) is 4.68. The number of methoxy groups -OCH3 is 2. The molecule has 1 unspecified atom stereocenters. The number of aromatic nitrogens is 2. The molecule has 1 aromatic heterocycles. The van der Waals surface area contributed by atoms with Gasteiger partial charge in [-0.25, -0.2) is 4.98 Å². The summed E-state index contributed by atoms with van der Waals surface area (Å²) in [6, 6.07) is 6.41. The molecule has 1 aromatic carbocycles. The molecule has 1 heterocycles. The Labute approximate surface area is 123 Å². The van der Waals surface area contributed by atoms with E-state index in [1.807, 2.05) is 19.1 Å². The van der Waals surface area contributed by atoms with E-state index in [2.05, 4.69) is 15.6 Å². The highest BCUT2D eigenvalue weighted by molar-refractivity contribution is 6.20. The number of ether oxygens (including phenoxy) is 2. The first-order valence-corrected chi connectivity index (χ1v) is 7.30. The van der Waals surface area contributed by atoms with Crippen molar-refractivity contribution in [1.29, 1.82) is 0 Å². The van der Waals surface area contributed by atoms with Crippen molar-refractivity contribution in [3.05, 3.63) is 24.0 Å². The van der Waals surface area contributed by atoms with E-state index in [0.717, 1.165) is 35.4 Å². The first kappa shape index (κ1) is 13.7. The molecule has 1 fully saturated rings. The zero-order valence-electron chi connectivity index (χ0n) is 12.0. The van der Waals surface area contributed by atoms with Gasteiger partial charge in [-0.1, -0.05) is 0 Å². The molecule has 4 nitrogen and oxygen atoms in total. The van der Waals surface area contributed by atoms with Crippen LogP contribution in [0.4, 0.5) is 0 Å². The average molecular weight is 295 g/mol. The van der Waals surface area contributed by atoms with E-state index in [1.54, 1.807) is 14.2 Å². The lowest BCUT2D eigenvalue weighted by atomic mass is 9.88.